The molecule has 1 aliphatic rings. The molecule has 4 nitrogen and oxygen atoms in total. The lowest BCUT2D eigenvalue weighted by molar-refractivity contribution is -0.0285. The van der Waals surface area contributed by atoms with Crippen LogP contribution in [0.1, 0.15) is 32.5 Å². The Morgan fingerprint density at radius 3 is 2.95 bits per heavy atom. The van der Waals surface area contributed by atoms with Gasteiger partial charge in [-0.3, -0.25) is 0 Å². The second kappa shape index (κ2) is 5.19. The van der Waals surface area contributed by atoms with Crippen LogP contribution in [0, 0.1) is 0 Å². The van der Waals surface area contributed by atoms with Gasteiger partial charge in [0.05, 0.1) is 22.7 Å². The van der Waals surface area contributed by atoms with Crippen molar-refractivity contribution in [3.63, 3.8) is 0 Å². The third-order valence-electron chi connectivity index (χ3n) is 4.30. The third-order valence-corrected chi connectivity index (χ3v) is 4.30. The molecule has 20 heavy (non-hydrogen) atoms. The van der Waals surface area contributed by atoms with E-state index in [-0.39, 0.29) is 6.10 Å². The van der Waals surface area contributed by atoms with E-state index in [9.17, 15) is 5.11 Å². The van der Waals surface area contributed by atoms with E-state index < -0.39 is 5.60 Å². The zero-order valence-corrected chi connectivity index (χ0v) is 12.2. The van der Waals surface area contributed by atoms with Crippen LogP contribution in [0.2, 0.25) is 0 Å². The molecule has 2 aromatic rings. The van der Waals surface area contributed by atoms with Crippen molar-refractivity contribution in [2.45, 2.75) is 51.4 Å². The number of para-hydroxylation sites is 2. The number of fused-ring (bicyclic) bond motifs is 1. The highest BCUT2D eigenvalue weighted by Gasteiger charge is 2.40. The molecule has 4 heteroatoms. The minimum absolute atomic E-state index is 0.127. The summed E-state index contributed by atoms with van der Waals surface area (Å²) in [5, 5.41) is 10.8. The smallest absolute Gasteiger partial charge is 0.112 e. The first kappa shape index (κ1) is 13.6. The van der Waals surface area contributed by atoms with Crippen molar-refractivity contribution < 1.29 is 9.84 Å². The minimum Gasteiger partial charge on any atom is -0.387 e. The van der Waals surface area contributed by atoms with Crippen molar-refractivity contribution in [2.24, 2.45) is 0 Å². The predicted octanol–water partition coefficient (Wildman–Crippen LogP) is 2.53. The highest BCUT2D eigenvalue weighted by molar-refractivity contribution is 5.75. The number of rotatable bonds is 4. The van der Waals surface area contributed by atoms with Crippen LogP contribution >= 0.6 is 0 Å². The van der Waals surface area contributed by atoms with Gasteiger partial charge in [-0.1, -0.05) is 19.1 Å². The average Bonchev–Trinajstić information content (AvgIpc) is 2.93. The van der Waals surface area contributed by atoms with Crippen LogP contribution in [0.4, 0.5) is 0 Å². The number of aliphatic hydroxyl groups is 1. The van der Waals surface area contributed by atoms with Gasteiger partial charge in [0.15, 0.2) is 0 Å². The van der Waals surface area contributed by atoms with Gasteiger partial charge in [-0.05, 0) is 25.5 Å². The zero-order valence-electron chi connectivity index (χ0n) is 12.2. The Balaban J connectivity index is 2.00. The van der Waals surface area contributed by atoms with E-state index in [2.05, 4.69) is 17.6 Å². The maximum Gasteiger partial charge on any atom is 0.112 e. The molecule has 0 spiro atoms. The van der Waals surface area contributed by atoms with E-state index >= 15 is 0 Å². The molecular formula is C16H22N2O2. The van der Waals surface area contributed by atoms with Crippen LogP contribution in [0.3, 0.4) is 0 Å². The first-order valence-corrected chi connectivity index (χ1v) is 7.42. The second-order valence-electron chi connectivity index (χ2n) is 5.71. The number of aryl methyl sites for hydroxylation is 1. The van der Waals surface area contributed by atoms with Crippen LogP contribution in [-0.4, -0.2) is 33.0 Å². The standard InChI is InChI=1S/C16H22N2O2/c1-3-9-18-14-7-5-4-6-13(14)17-15(18)11-16(19)8-10-20-12(16)2/h4-7,12,19H,3,8-11H2,1-2H3. The number of imidazole rings is 1. The molecule has 1 aliphatic heterocycles. The largest absolute Gasteiger partial charge is 0.387 e. The average molecular weight is 274 g/mol. The maximum absolute atomic E-state index is 10.8. The summed E-state index contributed by atoms with van der Waals surface area (Å²) < 4.78 is 7.76. The molecule has 1 aromatic carbocycles. The molecule has 1 N–H and O–H groups in total. The van der Waals surface area contributed by atoms with Crippen LogP contribution in [-0.2, 0) is 17.7 Å². The lowest BCUT2D eigenvalue weighted by Gasteiger charge is -2.25. The number of hydrogen-bond donors (Lipinski definition) is 1. The van der Waals surface area contributed by atoms with Gasteiger partial charge in [0.25, 0.3) is 0 Å². The molecule has 0 saturated carbocycles. The second-order valence-corrected chi connectivity index (χ2v) is 5.71. The van der Waals surface area contributed by atoms with E-state index in [4.69, 9.17) is 9.72 Å². The number of ether oxygens (including phenoxy) is 1. The number of nitrogens with zero attached hydrogens (tertiary/aromatic N) is 2. The van der Waals surface area contributed by atoms with Crippen molar-refractivity contribution in [3.8, 4) is 0 Å². The summed E-state index contributed by atoms with van der Waals surface area (Å²) in [7, 11) is 0. The Bertz CT molecular complexity index is 608. The monoisotopic (exact) mass is 274 g/mol. The van der Waals surface area contributed by atoms with Gasteiger partial charge in [-0.25, -0.2) is 4.98 Å². The molecule has 2 heterocycles. The lowest BCUT2D eigenvalue weighted by atomic mass is 9.92. The maximum atomic E-state index is 10.8. The fraction of sp³-hybridized carbons (Fsp3) is 0.562. The minimum atomic E-state index is -0.785. The molecule has 0 amide bonds. The van der Waals surface area contributed by atoms with Crippen molar-refractivity contribution >= 4 is 11.0 Å². The summed E-state index contributed by atoms with van der Waals surface area (Å²) in [6, 6.07) is 8.17. The van der Waals surface area contributed by atoms with Gasteiger partial charge >= 0.3 is 0 Å². The summed E-state index contributed by atoms with van der Waals surface area (Å²) in [6.45, 7) is 5.67. The molecule has 108 valence electrons. The Labute approximate surface area is 119 Å². The van der Waals surface area contributed by atoms with E-state index in [1.807, 2.05) is 25.1 Å². The molecule has 0 radical (unpaired) electrons. The summed E-state index contributed by atoms with van der Waals surface area (Å²) in [5.41, 5.74) is 1.37. The number of aromatic nitrogens is 2. The topological polar surface area (TPSA) is 47.3 Å². The first-order valence-electron chi connectivity index (χ1n) is 7.42. The van der Waals surface area contributed by atoms with Crippen molar-refractivity contribution in [1.29, 1.82) is 0 Å². The Hall–Kier alpha value is -1.39. The summed E-state index contributed by atoms with van der Waals surface area (Å²) in [6.07, 6.45) is 2.17. The molecule has 2 atom stereocenters. The highest BCUT2D eigenvalue weighted by Crippen LogP contribution is 2.30. The van der Waals surface area contributed by atoms with Crippen LogP contribution in [0.5, 0.6) is 0 Å². The molecular weight excluding hydrogens is 252 g/mol. The van der Waals surface area contributed by atoms with Crippen molar-refractivity contribution in [1.82, 2.24) is 9.55 Å². The molecule has 2 unspecified atom stereocenters. The molecule has 0 bridgehead atoms. The predicted molar refractivity (Wildman–Crippen MR) is 78.7 cm³/mol. The Morgan fingerprint density at radius 1 is 1.45 bits per heavy atom. The Morgan fingerprint density at radius 2 is 2.25 bits per heavy atom. The lowest BCUT2D eigenvalue weighted by Crippen LogP contribution is -2.39. The SMILES string of the molecule is CCCn1c(CC2(O)CCOC2C)nc2ccccc21. The molecule has 3 rings (SSSR count). The third kappa shape index (κ3) is 2.23. The van der Waals surface area contributed by atoms with Gasteiger partial charge in [0, 0.05) is 26.0 Å². The van der Waals surface area contributed by atoms with Gasteiger partial charge in [-0.15, -0.1) is 0 Å². The molecule has 1 aromatic heterocycles. The van der Waals surface area contributed by atoms with Crippen molar-refractivity contribution in [3.05, 3.63) is 30.1 Å². The van der Waals surface area contributed by atoms with E-state index in [1.54, 1.807) is 0 Å². The zero-order chi connectivity index (χ0) is 14.2. The molecule has 0 aliphatic carbocycles. The van der Waals surface area contributed by atoms with E-state index in [0.29, 0.717) is 19.4 Å². The van der Waals surface area contributed by atoms with Crippen molar-refractivity contribution in [2.75, 3.05) is 6.61 Å². The summed E-state index contributed by atoms with van der Waals surface area (Å²) in [5.74, 6) is 0.966. The quantitative estimate of drug-likeness (QED) is 0.932. The van der Waals surface area contributed by atoms with Crippen LogP contribution in [0.15, 0.2) is 24.3 Å². The fourth-order valence-corrected chi connectivity index (χ4v) is 3.01. The van der Waals surface area contributed by atoms with Crippen LogP contribution < -0.4 is 0 Å². The fourth-order valence-electron chi connectivity index (χ4n) is 3.01. The normalized spacial score (nSPS) is 26.4. The summed E-state index contributed by atoms with van der Waals surface area (Å²) in [4.78, 5) is 4.72. The van der Waals surface area contributed by atoms with Gasteiger partial charge in [0.2, 0.25) is 0 Å². The Kier molecular flexibility index (Phi) is 3.52. The number of hydrogen-bond acceptors (Lipinski definition) is 3. The van der Waals surface area contributed by atoms with E-state index in [0.717, 1.165) is 29.8 Å². The molecule has 1 saturated heterocycles. The van der Waals surface area contributed by atoms with Gasteiger partial charge < -0.3 is 14.4 Å². The summed E-state index contributed by atoms with van der Waals surface area (Å²) >= 11 is 0. The highest BCUT2D eigenvalue weighted by atomic mass is 16.5. The molecule has 1 fully saturated rings. The van der Waals surface area contributed by atoms with Gasteiger partial charge in [0.1, 0.15) is 5.82 Å². The van der Waals surface area contributed by atoms with Crippen LogP contribution in [0.25, 0.3) is 11.0 Å². The van der Waals surface area contributed by atoms with Gasteiger partial charge in [-0.2, -0.15) is 0 Å². The van der Waals surface area contributed by atoms with E-state index in [1.165, 1.54) is 0 Å². The number of benzene rings is 1. The first-order chi connectivity index (χ1) is 9.64.